The van der Waals surface area contributed by atoms with Crippen LogP contribution in [-0.4, -0.2) is 68.6 Å². The standard InChI is InChI=1S/C20H26N4O4.C7H10N2/c1-21-14-4-2-13(3-5-14)20(26)23-19-16(12-25)28-15-6-7-17(22-18(15)19)24-8-10-27-11-9-24;1-6-3-4-7(8-2)9-5-6/h6-7,12-14,21H,2-5,8-11H2,1H3,(H,23,26);3-5H,1-2H3,(H,8,9). The van der Waals surface area contributed by atoms with Crippen LogP contribution in [0.15, 0.2) is 34.9 Å². The van der Waals surface area contributed by atoms with E-state index in [0.717, 1.165) is 50.4 Å². The number of fused-ring (bicyclic) bond motifs is 1. The van der Waals surface area contributed by atoms with E-state index in [0.29, 0.717) is 42.3 Å². The van der Waals surface area contributed by atoms with Crippen molar-refractivity contribution in [2.24, 2.45) is 5.92 Å². The molecule has 1 amide bonds. The Kier molecular flexibility index (Phi) is 9.08. The first kappa shape index (κ1) is 26.6. The van der Waals surface area contributed by atoms with Gasteiger partial charge in [0.1, 0.15) is 22.8 Å². The highest BCUT2D eigenvalue weighted by atomic mass is 16.5. The van der Waals surface area contributed by atoms with Crippen LogP contribution >= 0.6 is 0 Å². The number of hydrogen-bond donors (Lipinski definition) is 3. The van der Waals surface area contributed by atoms with Crippen LogP contribution in [0.5, 0.6) is 0 Å². The Labute approximate surface area is 217 Å². The molecule has 3 aromatic heterocycles. The van der Waals surface area contributed by atoms with Gasteiger partial charge in [0.05, 0.1) is 13.2 Å². The van der Waals surface area contributed by atoms with Gasteiger partial charge in [0.15, 0.2) is 17.6 Å². The second kappa shape index (κ2) is 12.6. The summed E-state index contributed by atoms with van der Waals surface area (Å²) >= 11 is 0. The molecule has 0 unspecified atom stereocenters. The van der Waals surface area contributed by atoms with Gasteiger partial charge in [-0.25, -0.2) is 9.97 Å². The number of furan rings is 1. The molecule has 1 saturated heterocycles. The summed E-state index contributed by atoms with van der Waals surface area (Å²) in [5.74, 6) is 1.69. The third kappa shape index (κ3) is 6.64. The minimum Gasteiger partial charge on any atom is -0.449 e. The summed E-state index contributed by atoms with van der Waals surface area (Å²) in [4.78, 5) is 35.2. The Morgan fingerprint density at radius 3 is 2.46 bits per heavy atom. The topological polar surface area (TPSA) is 122 Å². The third-order valence-corrected chi connectivity index (χ3v) is 6.91. The molecule has 2 fully saturated rings. The third-order valence-electron chi connectivity index (χ3n) is 6.91. The molecule has 4 heterocycles. The number of carbonyl (C=O) groups is 2. The predicted molar refractivity (Wildman–Crippen MR) is 144 cm³/mol. The number of aromatic nitrogens is 2. The summed E-state index contributed by atoms with van der Waals surface area (Å²) in [5.41, 5.74) is 2.58. The molecule has 1 aliphatic carbocycles. The maximum Gasteiger partial charge on any atom is 0.227 e. The molecule has 0 atom stereocenters. The second-order valence-electron chi connectivity index (χ2n) is 9.37. The number of rotatable bonds is 6. The molecule has 2 aliphatic rings. The zero-order valence-electron chi connectivity index (χ0n) is 21.8. The lowest BCUT2D eigenvalue weighted by molar-refractivity contribution is -0.120. The molecule has 198 valence electrons. The SMILES string of the molecule is CNC1CCC(C(=O)Nc2c(C=O)oc3ccc(N4CCOCC4)nc23)CC1.CNc1ccc(C)cn1. The number of carbonyl (C=O) groups excluding carboxylic acids is 2. The van der Waals surface area contributed by atoms with Gasteiger partial charge in [-0.2, -0.15) is 0 Å². The number of anilines is 3. The minimum atomic E-state index is -0.0704. The number of nitrogens with one attached hydrogen (secondary N) is 3. The van der Waals surface area contributed by atoms with Crippen LogP contribution in [0, 0.1) is 12.8 Å². The normalized spacial score (nSPS) is 19.6. The van der Waals surface area contributed by atoms with Crippen molar-refractivity contribution in [2.75, 3.05) is 55.9 Å². The van der Waals surface area contributed by atoms with Gasteiger partial charge in [-0.05, 0) is 63.4 Å². The van der Waals surface area contributed by atoms with E-state index >= 15 is 0 Å². The number of nitrogens with zero attached hydrogens (tertiary/aromatic N) is 3. The van der Waals surface area contributed by atoms with Crippen molar-refractivity contribution in [2.45, 2.75) is 38.6 Å². The van der Waals surface area contributed by atoms with Crippen molar-refractivity contribution in [3.8, 4) is 0 Å². The molecule has 0 radical (unpaired) electrons. The van der Waals surface area contributed by atoms with Crippen molar-refractivity contribution >= 4 is 40.6 Å². The molecule has 0 aromatic carbocycles. The maximum absolute atomic E-state index is 12.8. The van der Waals surface area contributed by atoms with E-state index in [2.05, 4.69) is 30.8 Å². The van der Waals surface area contributed by atoms with Gasteiger partial charge in [-0.3, -0.25) is 9.59 Å². The van der Waals surface area contributed by atoms with Crippen LogP contribution in [0.2, 0.25) is 0 Å². The van der Waals surface area contributed by atoms with E-state index in [1.54, 1.807) is 6.07 Å². The van der Waals surface area contributed by atoms with Gasteiger partial charge in [0, 0.05) is 38.3 Å². The lowest BCUT2D eigenvalue weighted by Gasteiger charge is -2.28. The van der Waals surface area contributed by atoms with Crippen molar-refractivity contribution in [1.82, 2.24) is 15.3 Å². The molecule has 1 saturated carbocycles. The van der Waals surface area contributed by atoms with E-state index in [1.807, 2.05) is 45.4 Å². The summed E-state index contributed by atoms with van der Waals surface area (Å²) in [6.07, 6.45) is 6.07. The van der Waals surface area contributed by atoms with Gasteiger partial charge in [0.2, 0.25) is 5.91 Å². The monoisotopic (exact) mass is 508 g/mol. The number of ether oxygens (including phenoxy) is 1. The van der Waals surface area contributed by atoms with Crippen molar-refractivity contribution in [3.63, 3.8) is 0 Å². The number of hydrogen-bond acceptors (Lipinski definition) is 9. The lowest BCUT2D eigenvalue weighted by Crippen LogP contribution is -2.36. The van der Waals surface area contributed by atoms with Crippen molar-refractivity contribution in [3.05, 3.63) is 41.8 Å². The number of aldehydes is 1. The minimum absolute atomic E-state index is 0.0588. The van der Waals surface area contributed by atoms with Crippen molar-refractivity contribution < 1.29 is 18.7 Å². The Hall–Kier alpha value is -3.50. The predicted octanol–water partition coefficient (Wildman–Crippen LogP) is 3.63. The number of pyridine rings is 2. The molecule has 10 nitrogen and oxygen atoms in total. The van der Waals surface area contributed by atoms with E-state index in [4.69, 9.17) is 9.15 Å². The zero-order valence-corrected chi connectivity index (χ0v) is 21.8. The molecule has 3 N–H and O–H groups in total. The average molecular weight is 509 g/mol. The summed E-state index contributed by atoms with van der Waals surface area (Å²) < 4.78 is 11.0. The van der Waals surface area contributed by atoms with Gasteiger partial charge in [-0.15, -0.1) is 0 Å². The summed E-state index contributed by atoms with van der Waals surface area (Å²) in [7, 11) is 3.81. The number of aryl methyl sites for hydroxylation is 1. The van der Waals surface area contributed by atoms with Gasteiger partial charge in [-0.1, -0.05) is 6.07 Å². The molecule has 0 bridgehead atoms. The molecular weight excluding hydrogens is 472 g/mol. The number of amides is 1. The summed E-state index contributed by atoms with van der Waals surface area (Å²) in [5, 5.41) is 9.14. The fourth-order valence-corrected chi connectivity index (χ4v) is 4.64. The van der Waals surface area contributed by atoms with E-state index in [1.165, 1.54) is 5.56 Å². The Balaban J connectivity index is 0.000000301. The van der Waals surface area contributed by atoms with Crippen LogP contribution < -0.4 is 20.9 Å². The summed E-state index contributed by atoms with van der Waals surface area (Å²) in [6.45, 7) is 4.85. The maximum atomic E-state index is 12.8. The van der Waals surface area contributed by atoms with Crippen LogP contribution in [0.3, 0.4) is 0 Å². The second-order valence-corrected chi connectivity index (χ2v) is 9.37. The van der Waals surface area contributed by atoms with Crippen LogP contribution in [-0.2, 0) is 9.53 Å². The van der Waals surface area contributed by atoms with Gasteiger partial charge < -0.3 is 30.0 Å². The molecule has 0 spiro atoms. The van der Waals surface area contributed by atoms with E-state index in [-0.39, 0.29) is 17.6 Å². The van der Waals surface area contributed by atoms with Crippen LogP contribution in [0.4, 0.5) is 17.3 Å². The Morgan fingerprint density at radius 2 is 1.84 bits per heavy atom. The van der Waals surface area contributed by atoms with Gasteiger partial charge in [0.25, 0.3) is 0 Å². The fourth-order valence-electron chi connectivity index (χ4n) is 4.64. The fraction of sp³-hybridized carbons (Fsp3) is 0.481. The van der Waals surface area contributed by atoms with Crippen molar-refractivity contribution in [1.29, 1.82) is 0 Å². The van der Waals surface area contributed by atoms with E-state index < -0.39 is 0 Å². The van der Waals surface area contributed by atoms with Crippen LogP contribution in [0.25, 0.3) is 11.1 Å². The number of morpholine rings is 1. The van der Waals surface area contributed by atoms with Crippen LogP contribution in [0.1, 0.15) is 41.8 Å². The first-order chi connectivity index (χ1) is 18.0. The lowest BCUT2D eigenvalue weighted by atomic mass is 9.85. The zero-order chi connectivity index (χ0) is 26.2. The highest BCUT2D eigenvalue weighted by Gasteiger charge is 2.28. The molecule has 1 aliphatic heterocycles. The smallest absolute Gasteiger partial charge is 0.227 e. The molecule has 37 heavy (non-hydrogen) atoms. The largest absolute Gasteiger partial charge is 0.449 e. The van der Waals surface area contributed by atoms with E-state index in [9.17, 15) is 9.59 Å². The highest BCUT2D eigenvalue weighted by Crippen LogP contribution is 2.32. The molecule has 10 heteroatoms. The average Bonchev–Trinajstić information content (AvgIpc) is 3.31. The summed E-state index contributed by atoms with van der Waals surface area (Å²) in [6, 6.07) is 8.13. The molecule has 3 aromatic rings. The molecule has 5 rings (SSSR count). The quantitative estimate of drug-likeness (QED) is 0.429. The highest BCUT2D eigenvalue weighted by molar-refractivity contribution is 6.05. The Morgan fingerprint density at radius 1 is 1.08 bits per heavy atom. The molecular formula is C27H36N6O4. The first-order valence-electron chi connectivity index (χ1n) is 12.8. The van der Waals surface area contributed by atoms with Gasteiger partial charge >= 0.3 is 0 Å². The first-order valence-corrected chi connectivity index (χ1v) is 12.8. The Bertz CT molecular complexity index is 1180.